The number of nitrogens with two attached hydrogens (primary N) is 1. The molecule has 0 amide bonds. The number of hydrogen-bond acceptors (Lipinski definition) is 4. The zero-order valence-electron chi connectivity index (χ0n) is 10.6. The lowest BCUT2D eigenvalue weighted by Gasteiger charge is -2.20. The Kier molecular flexibility index (Phi) is 4.83. The van der Waals surface area contributed by atoms with Crippen molar-refractivity contribution in [2.75, 3.05) is 0 Å². The van der Waals surface area contributed by atoms with Gasteiger partial charge in [0.15, 0.2) is 0 Å². The van der Waals surface area contributed by atoms with Crippen LogP contribution in [-0.2, 0) is 6.42 Å². The predicted octanol–water partition coefficient (Wildman–Crippen LogP) is 1.90. The Labute approximate surface area is 97.6 Å². The van der Waals surface area contributed by atoms with Gasteiger partial charge < -0.3 is 0 Å². The summed E-state index contributed by atoms with van der Waals surface area (Å²) in [6.45, 7) is 8.43. The molecule has 0 fully saturated rings. The maximum absolute atomic E-state index is 5.63. The maximum Gasteiger partial charge on any atom is 0.0676 e. The third-order valence-electron chi connectivity index (χ3n) is 2.64. The predicted molar refractivity (Wildman–Crippen MR) is 65.7 cm³/mol. The van der Waals surface area contributed by atoms with E-state index in [-0.39, 0.29) is 6.04 Å². The average molecular weight is 222 g/mol. The molecule has 0 aromatic carbocycles. The lowest BCUT2D eigenvalue weighted by Crippen LogP contribution is -2.30. The largest absolute Gasteiger partial charge is 0.271 e. The fourth-order valence-electron chi connectivity index (χ4n) is 1.87. The summed E-state index contributed by atoms with van der Waals surface area (Å²) in [5.41, 5.74) is 6.05. The molecule has 0 saturated heterocycles. The van der Waals surface area contributed by atoms with Gasteiger partial charge >= 0.3 is 0 Å². The van der Waals surface area contributed by atoms with Gasteiger partial charge in [-0.25, -0.2) is 0 Å². The molecule has 0 radical (unpaired) electrons. The molecular weight excluding hydrogens is 200 g/mol. The fraction of sp³-hybridized carbons (Fsp3) is 0.667. The van der Waals surface area contributed by atoms with Crippen LogP contribution in [0.1, 0.15) is 50.2 Å². The number of hydrogen-bond donors (Lipinski definition) is 2. The van der Waals surface area contributed by atoms with Crippen molar-refractivity contribution in [1.29, 1.82) is 0 Å². The van der Waals surface area contributed by atoms with Crippen LogP contribution in [0.25, 0.3) is 0 Å². The Morgan fingerprint density at radius 2 is 2.06 bits per heavy atom. The Morgan fingerprint density at radius 1 is 1.38 bits per heavy atom. The summed E-state index contributed by atoms with van der Waals surface area (Å²) in [4.78, 5) is 0. The van der Waals surface area contributed by atoms with Crippen molar-refractivity contribution >= 4 is 0 Å². The van der Waals surface area contributed by atoms with Crippen molar-refractivity contribution in [3.05, 3.63) is 23.0 Å². The second-order valence-corrected chi connectivity index (χ2v) is 4.59. The zero-order chi connectivity index (χ0) is 12.1. The van der Waals surface area contributed by atoms with Gasteiger partial charge in [-0.15, -0.1) is 0 Å². The van der Waals surface area contributed by atoms with E-state index in [4.69, 9.17) is 5.84 Å². The molecule has 0 saturated carbocycles. The standard InChI is InChI=1S/C12H22N4/c1-5-11-10(7-9(4)15-16-11)12(14-13)6-8(2)3/h7-8,12,14H,5-6,13H2,1-4H3. The van der Waals surface area contributed by atoms with E-state index in [0.29, 0.717) is 5.92 Å². The molecule has 1 aromatic heterocycles. The topological polar surface area (TPSA) is 63.8 Å². The van der Waals surface area contributed by atoms with Crippen LogP contribution in [0.5, 0.6) is 0 Å². The van der Waals surface area contributed by atoms with Crippen LogP contribution >= 0.6 is 0 Å². The summed E-state index contributed by atoms with van der Waals surface area (Å²) in [5.74, 6) is 6.23. The molecule has 0 spiro atoms. The van der Waals surface area contributed by atoms with Crippen molar-refractivity contribution in [2.24, 2.45) is 11.8 Å². The molecule has 0 aliphatic heterocycles. The van der Waals surface area contributed by atoms with Gasteiger partial charge in [-0.3, -0.25) is 11.3 Å². The highest BCUT2D eigenvalue weighted by molar-refractivity contribution is 5.24. The Morgan fingerprint density at radius 3 is 2.56 bits per heavy atom. The monoisotopic (exact) mass is 222 g/mol. The van der Waals surface area contributed by atoms with Gasteiger partial charge in [0.25, 0.3) is 0 Å². The lowest BCUT2D eigenvalue weighted by atomic mass is 9.95. The van der Waals surface area contributed by atoms with Crippen LogP contribution in [0.3, 0.4) is 0 Å². The minimum Gasteiger partial charge on any atom is -0.271 e. The third-order valence-corrected chi connectivity index (χ3v) is 2.64. The molecular formula is C12H22N4. The summed E-state index contributed by atoms with van der Waals surface area (Å²) >= 11 is 0. The van der Waals surface area contributed by atoms with Crippen LogP contribution in [0.2, 0.25) is 0 Å². The molecule has 4 heteroatoms. The second-order valence-electron chi connectivity index (χ2n) is 4.59. The van der Waals surface area contributed by atoms with E-state index in [1.807, 2.05) is 6.92 Å². The molecule has 1 atom stereocenters. The summed E-state index contributed by atoms with van der Waals surface area (Å²) in [6, 6.07) is 2.25. The van der Waals surface area contributed by atoms with Gasteiger partial charge in [0.05, 0.1) is 11.4 Å². The molecule has 4 nitrogen and oxygen atoms in total. The van der Waals surface area contributed by atoms with Gasteiger partial charge in [-0.2, -0.15) is 10.2 Å². The van der Waals surface area contributed by atoms with Crippen molar-refractivity contribution in [2.45, 2.75) is 46.6 Å². The highest BCUT2D eigenvalue weighted by Crippen LogP contribution is 2.23. The molecule has 0 aliphatic rings. The quantitative estimate of drug-likeness (QED) is 0.590. The van der Waals surface area contributed by atoms with Crippen molar-refractivity contribution < 1.29 is 0 Å². The number of aryl methyl sites for hydroxylation is 2. The normalized spacial score (nSPS) is 13.1. The van der Waals surface area contributed by atoms with Crippen LogP contribution in [0.4, 0.5) is 0 Å². The molecule has 1 rings (SSSR count). The molecule has 0 bridgehead atoms. The number of rotatable bonds is 5. The van der Waals surface area contributed by atoms with E-state index in [2.05, 4.69) is 42.5 Å². The van der Waals surface area contributed by atoms with Gasteiger partial charge in [0.2, 0.25) is 0 Å². The summed E-state index contributed by atoms with van der Waals surface area (Å²) in [6.07, 6.45) is 1.90. The lowest BCUT2D eigenvalue weighted by molar-refractivity contribution is 0.433. The third kappa shape index (κ3) is 3.25. The first-order chi connectivity index (χ1) is 7.58. The first-order valence-corrected chi connectivity index (χ1v) is 5.87. The highest BCUT2D eigenvalue weighted by Gasteiger charge is 2.16. The minimum absolute atomic E-state index is 0.171. The van der Waals surface area contributed by atoms with Gasteiger partial charge in [0, 0.05) is 6.04 Å². The zero-order valence-corrected chi connectivity index (χ0v) is 10.6. The summed E-state index contributed by atoms with van der Waals surface area (Å²) in [5, 5.41) is 8.32. The van der Waals surface area contributed by atoms with E-state index in [1.54, 1.807) is 0 Å². The Hall–Kier alpha value is -1.00. The molecule has 1 unspecified atom stereocenters. The number of aromatic nitrogens is 2. The van der Waals surface area contributed by atoms with Crippen LogP contribution in [-0.4, -0.2) is 10.2 Å². The molecule has 16 heavy (non-hydrogen) atoms. The maximum atomic E-state index is 5.63. The van der Waals surface area contributed by atoms with Crippen molar-refractivity contribution in [3.63, 3.8) is 0 Å². The van der Waals surface area contributed by atoms with E-state index in [0.717, 1.165) is 24.2 Å². The number of nitrogens with one attached hydrogen (secondary N) is 1. The Balaban J connectivity index is 3.02. The van der Waals surface area contributed by atoms with Crippen LogP contribution in [0, 0.1) is 12.8 Å². The molecule has 0 aliphatic carbocycles. The van der Waals surface area contributed by atoms with Crippen molar-refractivity contribution in [3.8, 4) is 0 Å². The smallest absolute Gasteiger partial charge is 0.0676 e. The van der Waals surface area contributed by atoms with Crippen LogP contribution < -0.4 is 11.3 Å². The number of nitrogens with zero attached hydrogens (tertiary/aromatic N) is 2. The van der Waals surface area contributed by atoms with E-state index >= 15 is 0 Å². The SMILES string of the molecule is CCc1nnc(C)cc1C(CC(C)C)NN. The molecule has 90 valence electrons. The Bertz CT molecular complexity index is 336. The van der Waals surface area contributed by atoms with E-state index in [1.165, 1.54) is 5.56 Å². The van der Waals surface area contributed by atoms with E-state index < -0.39 is 0 Å². The van der Waals surface area contributed by atoms with Crippen LogP contribution in [0.15, 0.2) is 6.07 Å². The van der Waals surface area contributed by atoms with E-state index in [9.17, 15) is 0 Å². The molecule has 3 N–H and O–H groups in total. The summed E-state index contributed by atoms with van der Waals surface area (Å²) in [7, 11) is 0. The summed E-state index contributed by atoms with van der Waals surface area (Å²) < 4.78 is 0. The van der Waals surface area contributed by atoms with Gasteiger partial charge in [0.1, 0.15) is 0 Å². The molecule has 1 heterocycles. The highest BCUT2D eigenvalue weighted by atomic mass is 15.2. The number of hydrazine groups is 1. The molecule has 1 aromatic rings. The average Bonchev–Trinajstić information content (AvgIpc) is 2.25. The first kappa shape index (κ1) is 13.1. The van der Waals surface area contributed by atoms with Gasteiger partial charge in [-0.05, 0) is 37.3 Å². The minimum atomic E-state index is 0.171. The second kappa shape index (κ2) is 5.92. The van der Waals surface area contributed by atoms with Gasteiger partial charge in [-0.1, -0.05) is 20.8 Å². The fourth-order valence-corrected chi connectivity index (χ4v) is 1.87. The first-order valence-electron chi connectivity index (χ1n) is 5.87. The van der Waals surface area contributed by atoms with Crippen molar-refractivity contribution in [1.82, 2.24) is 15.6 Å².